The van der Waals surface area contributed by atoms with Crippen LogP contribution in [0.3, 0.4) is 0 Å². The van der Waals surface area contributed by atoms with Crippen molar-refractivity contribution in [2.24, 2.45) is 17.4 Å². The summed E-state index contributed by atoms with van der Waals surface area (Å²) in [6, 6.07) is 0.500. The van der Waals surface area contributed by atoms with E-state index in [-0.39, 0.29) is 12.1 Å². The Kier molecular flexibility index (Phi) is 3.34. The van der Waals surface area contributed by atoms with Crippen molar-refractivity contribution in [1.82, 2.24) is 0 Å². The van der Waals surface area contributed by atoms with E-state index in [9.17, 15) is 0 Å². The van der Waals surface area contributed by atoms with E-state index in [0.29, 0.717) is 0 Å². The van der Waals surface area contributed by atoms with Crippen molar-refractivity contribution >= 4 is 0 Å². The van der Waals surface area contributed by atoms with Crippen molar-refractivity contribution < 1.29 is 0 Å². The van der Waals surface area contributed by atoms with Gasteiger partial charge in [-0.15, -0.1) is 0 Å². The van der Waals surface area contributed by atoms with E-state index in [4.69, 9.17) is 11.5 Å². The highest BCUT2D eigenvalue weighted by Gasteiger charge is 2.17. The molecule has 0 spiro atoms. The largest absolute Gasteiger partial charge is 0.326 e. The smallest absolute Gasteiger partial charge is 0.0192 e. The first kappa shape index (κ1) is 9.01. The van der Waals surface area contributed by atoms with E-state index < -0.39 is 0 Å². The van der Waals surface area contributed by atoms with Crippen LogP contribution >= 0.6 is 0 Å². The normalized spacial score (nSPS) is 41.2. The van der Waals surface area contributed by atoms with Crippen LogP contribution in [0.4, 0.5) is 0 Å². The lowest BCUT2D eigenvalue weighted by atomic mass is 9.88. The van der Waals surface area contributed by atoms with Gasteiger partial charge in [-0.25, -0.2) is 0 Å². The summed E-state index contributed by atoms with van der Waals surface area (Å²) >= 11 is 0. The molecule has 1 aliphatic rings. The number of hydrogen-bond acceptors (Lipinski definition) is 2. The third kappa shape index (κ3) is 2.80. The minimum Gasteiger partial charge on any atom is -0.326 e. The summed E-state index contributed by atoms with van der Waals surface area (Å²) in [5, 5.41) is 0. The summed E-state index contributed by atoms with van der Waals surface area (Å²) in [6.07, 6.45) is 6.08. The SMILES string of the molecule is CC1CCCC(N)C(N)CC1. The van der Waals surface area contributed by atoms with Crippen molar-refractivity contribution in [1.29, 1.82) is 0 Å². The van der Waals surface area contributed by atoms with E-state index in [1.54, 1.807) is 0 Å². The van der Waals surface area contributed by atoms with Crippen LogP contribution in [0.5, 0.6) is 0 Å². The van der Waals surface area contributed by atoms with Crippen LogP contribution < -0.4 is 11.5 Å². The minimum atomic E-state index is 0.248. The highest BCUT2D eigenvalue weighted by molar-refractivity contribution is 4.79. The van der Waals surface area contributed by atoms with Crippen LogP contribution in [-0.2, 0) is 0 Å². The summed E-state index contributed by atoms with van der Waals surface area (Å²) in [4.78, 5) is 0. The summed E-state index contributed by atoms with van der Waals surface area (Å²) in [5.74, 6) is 0.855. The maximum Gasteiger partial charge on any atom is 0.0192 e. The van der Waals surface area contributed by atoms with Gasteiger partial charge in [-0.05, 0) is 25.2 Å². The van der Waals surface area contributed by atoms with E-state index in [2.05, 4.69) is 6.92 Å². The Morgan fingerprint density at radius 3 is 2.27 bits per heavy atom. The third-order valence-electron chi connectivity index (χ3n) is 2.78. The lowest BCUT2D eigenvalue weighted by Gasteiger charge is -2.25. The summed E-state index contributed by atoms with van der Waals surface area (Å²) in [5.41, 5.74) is 11.8. The maximum absolute atomic E-state index is 5.88. The highest BCUT2D eigenvalue weighted by Crippen LogP contribution is 2.20. The van der Waals surface area contributed by atoms with Gasteiger partial charge in [0, 0.05) is 12.1 Å². The van der Waals surface area contributed by atoms with Crippen LogP contribution in [-0.4, -0.2) is 12.1 Å². The van der Waals surface area contributed by atoms with E-state index >= 15 is 0 Å². The van der Waals surface area contributed by atoms with Crippen LogP contribution in [0.25, 0.3) is 0 Å². The average molecular weight is 156 g/mol. The Morgan fingerprint density at radius 2 is 1.55 bits per heavy atom. The van der Waals surface area contributed by atoms with Crippen molar-refractivity contribution in [2.45, 2.75) is 51.1 Å². The molecule has 2 heteroatoms. The standard InChI is InChI=1S/C9H20N2/c1-7-3-2-4-8(10)9(11)6-5-7/h7-9H,2-6,10-11H2,1H3. The van der Waals surface area contributed by atoms with E-state index in [1.165, 1.54) is 19.3 Å². The lowest BCUT2D eigenvalue weighted by molar-refractivity contribution is 0.345. The second-order valence-corrected chi connectivity index (χ2v) is 3.94. The molecule has 0 aromatic heterocycles. The van der Waals surface area contributed by atoms with Crippen molar-refractivity contribution in [2.75, 3.05) is 0 Å². The van der Waals surface area contributed by atoms with Crippen LogP contribution in [0, 0.1) is 5.92 Å². The zero-order valence-corrected chi connectivity index (χ0v) is 7.42. The molecule has 0 heterocycles. The predicted molar refractivity (Wildman–Crippen MR) is 48.2 cm³/mol. The van der Waals surface area contributed by atoms with E-state index in [0.717, 1.165) is 18.8 Å². The molecular formula is C9H20N2. The third-order valence-corrected chi connectivity index (χ3v) is 2.78. The summed E-state index contributed by atoms with van der Waals surface area (Å²) in [6.45, 7) is 2.31. The second-order valence-electron chi connectivity index (χ2n) is 3.94. The van der Waals surface area contributed by atoms with Gasteiger partial charge in [0.15, 0.2) is 0 Å². The van der Waals surface area contributed by atoms with Gasteiger partial charge < -0.3 is 11.5 Å². The van der Waals surface area contributed by atoms with Crippen molar-refractivity contribution in [3.8, 4) is 0 Å². The molecule has 66 valence electrons. The van der Waals surface area contributed by atoms with Gasteiger partial charge >= 0.3 is 0 Å². The Labute approximate surface area is 69.3 Å². The Bertz CT molecular complexity index is 114. The first-order valence-corrected chi connectivity index (χ1v) is 4.71. The molecular weight excluding hydrogens is 136 g/mol. The molecule has 2 nitrogen and oxygen atoms in total. The monoisotopic (exact) mass is 156 g/mol. The molecule has 11 heavy (non-hydrogen) atoms. The summed E-state index contributed by atoms with van der Waals surface area (Å²) in [7, 11) is 0. The van der Waals surface area contributed by atoms with Gasteiger partial charge in [0.05, 0.1) is 0 Å². The molecule has 0 bridgehead atoms. The quantitative estimate of drug-likeness (QED) is 0.554. The van der Waals surface area contributed by atoms with Gasteiger partial charge in [0.1, 0.15) is 0 Å². The number of nitrogens with two attached hydrogens (primary N) is 2. The fourth-order valence-corrected chi connectivity index (χ4v) is 1.75. The Morgan fingerprint density at radius 1 is 0.909 bits per heavy atom. The Balaban J connectivity index is 2.34. The first-order chi connectivity index (χ1) is 5.20. The lowest BCUT2D eigenvalue weighted by Crippen LogP contribution is -2.42. The van der Waals surface area contributed by atoms with E-state index in [1.807, 2.05) is 0 Å². The topological polar surface area (TPSA) is 52.0 Å². The molecule has 1 fully saturated rings. The predicted octanol–water partition coefficient (Wildman–Crippen LogP) is 1.24. The van der Waals surface area contributed by atoms with Crippen LogP contribution in [0.2, 0.25) is 0 Å². The van der Waals surface area contributed by atoms with Gasteiger partial charge in [0.2, 0.25) is 0 Å². The van der Waals surface area contributed by atoms with Gasteiger partial charge in [-0.3, -0.25) is 0 Å². The molecule has 0 aromatic carbocycles. The summed E-state index contributed by atoms with van der Waals surface area (Å²) < 4.78 is 0. The highest BCUT2D eigenvalue weighted by atomic mass is 14.8. The van der Waals surface area contributed by atoms with Crippen molar-refractivity contribution in [3.05, 3.63) is 0 Å². The molecule has 4 N–H and O–H groups in total. The molecule has 0 amide bonds. The van der Waals surface area contributed by atoms with Gasteiger partial charge in [0.25, 0.3) is 0 Å². The molecule has 1 rings (SSSR count). The molecule has 0 aliphatic heterocycles. The maximum atomic E-state index is 5.88. The van der Waals surface area contributed by atoms with Crippen molar-refractivity contribution in [3.63, 3.8) is 0 Å². The number of rotatable bonds is 0. The number of hydrogen-bond donors (Lipinski definition) is 2. The van der Waals surface area contributed by atoms with Crippen LogP contribution in [0.1, 0.15) is 39.0 Å². The molecule has 1 aliphatic carbocycles. The zero-order valence-electron chi connectivity index (χ0n) is 7.42. The molecule has 0 radical (unpaired) electrons. The average Bonchev–Trinajstić information content (AvgIpc) is 1.98. The first-order valence-electron chi connectivity index (χ1n) is 4.71. The molecule has 1 saturated carbocycles. The van der Waals surface area contributed by atoms with Gasteiger partial charge in [-0.2, -0.15) is 0 Å². The fraction of sp³-hybridized carbons (Fsp3) is 1.00. The Hall–Kier alpha value is -0.0800. The minimum absolute atomic E-state index is 0.248. The van der Waals surface area contributed by atoms with Gasteiger partial charge in [-0.1, -0.05) is 19.8 Å². The molecule has 3 unspecified atom stereocenters. The molecule has 3 atom stereocenters. The fourth-order valence-electron chi connectivity index (χ4n) is 1.75. The second kappa shape index (κ2) is 4.07. The molecule has 0 saturated heterocycles. The molecule has 0 aromatic rings. The van der Waals surface area contributed by atoms with Crippen LogP contribution in [0.15, 0.2) is 0 Å². The zero-order chi connectivity index (χ0) is 8.27.